The maximum absolute atomic E-state index is 13.7. The van der Waals surface area contributed by atoms with Crippen LogP contribution in [0, 0.1) is 5.82 Å². The van der Waals surface area contributed by atoms with Gasteiger partial charge in [-0.15, -0.1) is 23.1 Å². The lowest BCUT2D eigenvalue weighted by Gasteiger charge is -2.17. The number of thiazole rings is 1. The minimum atomic E-state index is -0.626. The molecule has 3 N–H and O–H groups in total. The summed E-state index contributed by atoms with van der Waals surface area (Å²) >= 11 is 2.62. The Hall–Kier alpha value is -6.24. The fraction of sp³-hybridized carbons (Fsp3) is 0.0732. The number of thioether (sulfide) groups is 1. The Morgan fingerprint density at radius 3 is 2.15 bits per heavy atom. The molecule has 3 amide bonds. The van der Waals surface area contributed by atoms with Crippen LogP contribution in [0.1, 0.15) is 26.7 Å². The Morgan fingerprint density at radius 1 is 0.792 bits per heavy atom. The molecule has 0 fully saturated rings. The zero-order valence-electron chi connectivity index (χ0n) is 28.5. The molecule has 53 heavy (non-hydrogen) atoms. The Morgan fingerprint density at radius 2 is 1.47 bits per heavy atom. The molecule has 0 aliphatic heterocycles. The third-order valence-corrected chi connectivity index (χ3v) is 9.85. The molecule has 0 aliphatic carbocycles. The average molecular weight is 745 g/mol. The molecule has 6 rings (SSSR count). The van der Waals surface area contributed by atoms with Crippen molar-refractivity contribution in [2.45, 2.75) is 10.1 Å². The third kappa shape index (κ3) is 9.56. The molecule has 0 saturated carbocycles. The van der Waals surface area contributed by atoms with E-state index in [2.05, 4.69) is 20.9 Å². The van der Waals surface area contributed by atoms with Crippen LogP contribution in [-0.4, -0.2) is 36.9 Å². The van der Waals surface area contributed by atoms with Gasteiger partial charge in [0.25, 0.3) is 11.8 Å². The summed E-state index contributed by atoms with van der Waals surface area (Å²) in [6.45, 7) is 0. The predicted molar refractivity (Wildman–Crippen MR) is 208 cm³/mol. The molecule has 1 unspecified atom stereocenters. The number of carbonyl (C=O) groups is 3. The van der Waals surface area contributed by atoms with E-state index in [1.54, 1.807) is 91.0 Å². The number of nitrogens with one attached hydrogen (secondary N) is 3. The van der Waals surface area contributed by atoms with E-state index in [9.17, 15) is 18.8 Å². The van der Waals surface area contributed by atoms with Gasteiger partial charge in [-0.2, -0.15) is 0 Å². The smallest absolute Gasteiger partial charge is 0.272 e. The monoisotopic (exact) mass is 744 g/mol. The normalized spacial score (nSPS) is 11.6. The van der Waals surface area contributed by atoms with Crippen LogP contribution in [0.3, 0.4) is 0 Å². The van der Waals surface area contributed by atoms with Gasteiger partial charge in [0.05, 0.1) is 19.9 Å². The summed E-state index contributed by atoms with van der Waals surface area (Å²) in [6.07, 6.45) is 1.55. The highest BCUT2D eigenvalue weighted by molar-refractivity contribution is 8.00. The van der Waals surface area contributed by atoms with Gasteiger partial charge in [-0.1, -0.05) is 54.6 Å². The first-order valence-electron chi connectivity index (χ1n) is 16.2. The Bertz CT molecular complexity index is 2230. The summed E-state index contributed by atoms with van der Waals surface area (Å²) in [5.74, 6) is -0.614. The number of hydrogen-bond donors (Lipinski definition) is 3. The van der Waals surface area contributed by atoms with Crippen molar-refractivity contribution in [3.8, 4) is 22.8 Å². The van der Waals surface area contributed by atoms with Gasteiger partial charge in [-0.3, -0.25) is 14.4 Å². The van der Waals surface area contributed by atoms with Crippen LogP contribution in [0.5, 0.6) is 11.5 Å². The molecule has 0 radical (unpaired) electrons. The molecule has 1 aromatic heterocycles. The van der Waals surface area contributed by atoms with E-state index in [-0.39, 0.29) is 17.4 Å². The average Bonchev–Trinajstić information content (AvgIpc) is 3.66. The number of amides is 3. The fourth-order valence-corrected chi connectivity index (χ4v) is 6.91. The molecule has 0 spiro atoms. The van der Waals surface area contributed by atoms with Gasteiger partial charge in [-0.05, 0) is 90.0 Å². The summed E-state index contributed by atoms with van der Waals surface area (Å²) in [5, 5.41) is 10.1. The largest absolute Gasteiger partial charge is 0.493 e. The third-order valence-electron chi connectivity index (χ3n) is 7.83. The first kappa shape index (κ1) is 36.5. The van der Waals surface area contributed by atoms with Crippen LogP contribution < -0.4 is 25.4 Å². The topological polar surface area (TPSA) is 119 Å². The minimum Gasteiger partial charge on any atom is -0.493 e. The first-order chi connectivity index (χ1) is 25.8. The molecule has 266 valence electrons. The van der Waals surface area contributed by atoms with E-state index in [1.807, 2.05) is 35.7 Å². The number of benzene rings is 5. The highest BCUT2D eigenvalue weighted by Crippen LogP contribution is 2.37. The van der Waals surface area contributed by atoms with Crippen LogP contribution in [0.2, 0.25) is 0 Å². The lowest BCUT2D eigenvalue weighted by atomic mass is 10.1. The molecular formula is C41H33FN4O5S2. The van der Waals surface area contributed by atoms with Gasteiger partial charge in [0.2, 0.25) is 5.91 Å². The van der Waals surface area contributed by atoms with E-state index < -0.39 is 17.1 Å². The second-order valence-corrected chi connectivity index (χ2v) is 13.5. The predicted octanol–water partition coefficient (Wildman–Crippen LogP) is 8.85. The maximum atomic E-state index is 13.7. The lowest BCUT2D eigenvalue weighted by Crippen LogP contribution is -2.30. The van der Waals surface area contributed by atoms with Gasteiger partial charge in [0.1, 0.15) is 16.8 Å². The van der Waals surface area contributed by atoms with Crippen molar-refractivity contribution in [3.05, 3.63) is 161 Å². The number of halogens is 1. The molecule has 0 aliphatic rings. The number of hydrogen-bond acceptors (Lipinski definition) is 8. The number of carbonyl (C=O) groups excluding carboxylic acids is 3. The van der Waals surface area contributed by atoms with Gasteiger partial charge in [-0.25, -0.2) is 9.37 Å². The molecular weight excluding hydrogens is 712 g/mol. The Labute approximate surface area is 313 Å². The van der Waals surface area contributed by atoms with Crippen molar-refractivity contribution in [1.82, 2.24) is 10.3 Å². The van der Waals surface area contributed by atoms with Crippen LogP contribution in [0.25, 0.3) is 17.3 Å². The number of rotatable bonds is 13. The van der Waals surface area contributed by atoms with Crippen molar-refractivity contribution < 1.29 is 28.2 Å². The summed E-state index contributed by atoms with van der Waals surface area (Å²) in [4.78, 5) is 45.8. The summed E-state index contributed by atoms with van der Waals surface area (Å²) in [7, 11) is 3.04. The lowest BCUT2D eigenvalue weighted by molar-refractivity contribution is -0.116. The zero-order valence-corrected chi connectivity index (χ0v) is 30.2. The van der Waals surface area contributed by atoms with Crippen molar-refractivity contribution in [3.63, 3.8) is 0 Å². The van der Waals surface area contributed by atoms with E-state index in [1.165, 1.54) is 49.5 Å². The molecule has 6 aromatic rings. The SMILES string of the molecule is COc1ccc(/C=C(\NC(=O)c2ccccc2)C(=O)Nc2ccc(SC(C(=O)Nc3nc(-c4ccc(F)cc4)cs3)c3ccccc3)cc2)cc1OC. The second kappa shape index (κ2) is 17.3. The fourth-order valence-electron chi connectivity index (χ4n) is 5.16. The maximum Gasteiger partial charge on any atom is 0.272 e. The van der Waals surface area contributed by atoms with Crippen molar-refractivity contribution in [2.24, 2.45) is 0 Å². The molecule has 12 heteroatoms. The van der Waals surface area contributed by atoms with E-state index in [0.29, 0.717) is 39.1 Å². The Balaban J connectivity index is 1.18. The number of aromatic nitrogens is 1. The van der Waals surface area contributed by atoms with Crippen molar-refractivity contribution in [2.75, 3.05) is 24.9 Å². The van der Waals surface area contributed by atoms with E-state index in [4.69, 9.17) is 9.47 Å². The molecule has 0 saturated heterocycles. The summed E-state index contributed by atoms with van der Waals surface area (Å²) in [6, 6.07) is 36.2. The molecule has 0 bridgehead atoms. The van der Waals surface area contributed by atoms with E-state index in [0.717, 1.165) is 16.0 Å². The highest BCUT2D eigenvalue weighted by atomic mass is 32.2. The van der Waals surface area contributed by atoms with Crippen molar-refractivity contribution >= 4 is 57.7 Å². The summed E-state index contributed by atoms with van der Waals surface area (Å²) in [5.41, 5.74) is 3.64. The van der Waals surface area contributed by atoms with Crippen LogP contribution in [0.15, 0.2) is 143 Å². The standard InChI is InChI=1S/C41H33FN4O5S2/c1-50-35-22-13-26(24-36(35)51-2)23-33(44-38(47)29-11-7-4-8-12-29)39(48)43-31-18-20-32(21-19-31)53-37(28-9-5-3-6-10-28)40(49)46-41-45-34(25-52-41)27-14-16-30(42)17-15-27/h3-25,37H,1-2H3,(H,43,48)(H,44,47)(H,45,46,49)/b33-23-. The molecule has 5 aromatic carbocycles. The summed E-state index contributed by atoms with van der Waals surface area (Å²) < 4.78 is 24.2. The van der Waals surface area contributed by atoms with Crippen LogP contribution in [0.4, 0.5) is 15.2 Å². The number of ether oxygens (including phenoxy) is 2. The minimum absolute atomic E-state index is 0.00936. The van der Waals surface area contributed by atoms with Gasteiger partial charge >= 0.3 is 0 Å². The second-order valence-electron chi connectivity index (χ2n) is 11.4. The van der Waals surface area contributed by atoms with Gasteiger partial charge in [0.15, 0.2) is 16.6 Å². The van der Waals surface area contributed by atoms with Crippen LogP contribution >= 0.6 is 23.1 Å². The number of methoxy groups -OCH3 is 2. The van der Waals surface area contributed by atoms with Gasteiger partial charge in [0, 0.05) is 27.1 Å². The van der Waals surface area contributed by atoms with Crippen LogP contribution in [-0.2, 0) is 9.59 Å². The zero-order chi connectivity index (χ0) is 37.2. The number of nitrogens with zero attached hydrogens (tertiary/aromatic N) is 1. The quantitative estimate of drug-likeness (QED) is 0.0799. The van der Waals surface area contributed by atoms with Gasteiger partial charge < -0.3 is 25.4 Å². The Kier molecular flexibility index (Phi) is 11.9. The number of anilines is 2. The van der Waals surface area contributed by atoms with E-state index >= 15 is 0 Å². The van der Waals surface area contributed by atoms with Crippen molar-refractivity contribution in [1.29, 1.82) is 0 Å². The highest BCUT2D eigenvalue weighted by Gasteiger charge is 2.24. The molecule has 9 nitrogen and oxygen atoms in total. The molecule has 1 heterocycles. The molecule has 1 atom stereocenters. The first-order valence-corrected chi connectivity index (χ1v) is 18.0.